The molecule has 4 nitrogen and oxygen atoms in total. The Morgan fingerprint density at radius 3 is 2.63 bits per heavy atom. The van der Waals surface area contributed by atoms with Gasteiger partial charge in [0, 0.05) is 11.3 Å². The van der Waals surface area contributed by atoms with Crippen LogP contribution in [0.15, 0.2) is 36.4 Å². The van der Waals surface area contributed by atoms with Crippen molar-refractivity contribution < 1.29 is 18.0 Å². The van der Waals surface area contributed by atoms with Crippen LogP contribution in [0.5, 0.6) is 0 Å². The zero-order valence-electron chi connectivity index (χ0n) is 14.4. The molecule has 1 saturated heterocycles. The summed E-state index contributed by atoms with van der Waals surface area (Å²) >= 11 is 1.42. The number of aryl methyl sites for hydroxylation is 1. The molecule has 140 valence electrons. The van der Waals surface area contributed by atoms with Gasteiger partial charge in [-0.3, -0.25) is 0 Å². The summed E-state index contributed by atoms with van der Waals surface area (Å²) in [6.07, 6.45) is -3.29. The molecule has 8 heteroatoms. The van der Waals surface area contributed by atoms with Gasteiger partial charge in [-0.15, -0.1) is 11.3 Å². The maximum atomic E-state index is 13.8. The highest BCUT2D eigenvalue weighted by Crippen LogP contribution is 2.32. The molecule has 1 aliphatic rings. The predicted molar refractivity (Wildman–Crippen MR) is 100 cm³/mol. The number of hydrogen-bond donors (Lipinski definition) is 1. The van der Waals surface area contributed by atoms with Crippen molar-refractivity contribution >= 4 is 33.3 Å². The fourth-order valence-corrected chi connectivity index (χ4v) is 3.89. The molecule has 1 N–H and O–H groups in total. The normalized spacial score (nSPS) is 19.6. The van der Waals surface area contributed by atoms with E-state index in [-0.39, 0.29) is 18.9 Å². The molecule has 0 radical (unpaired) electrons. The standard InChI is InChI=1S/C19H16F3N3OS/c1-10-2-3-11(6-13(10)20)18-24-16-7-12(4-5-17(16)27-18)23-19(26)25-8-14(21)15(22)9-25/h2-7,14-15H,8-9H2,1H3,(H,23,26)/t14-,15+. The molecule has 0 spiro atoms. The zero-order chi connectivity index (χ0) is 19.1. The molecule has 3 aromatic rings. The van der Waals surface area contributed by atoms with Crippen LogP contribution in [0.3, 0.4) is 0 Å². The maximum absolute atomic E-state index is 13.8. The predicted octanol–water partition coefficient (Wildman–Crippen LogP) is 4.93. The van der Waals surface area contributed by atoms with Crippen LogP contribution in [0.2, 0.25) is 0 Å². The number of hydrogen-bond acceptors (Lipinski definition) is 3. The Morgan fingerprint density at radius 1 is 1.19 bits per heavy atom. The van der Waals surface area contributed by atoms with E-state index in [4.69, 9.17) is 0 Å². The van der Waals surface area contributed by atoms with E-state index >= 15 is 0 Å². The molecule has 2 heterocycles. The number of amides is 2. The number of carbonyl (C=O) groups excluding carboxylic acids is 1. The van der Waals surface area contributed by atoms with E-state index in [2.05, 4.69) is 10.3 Å². The molecule has 0 saturated carbocycles. The van der Waals surface area contributed by atoms with Crippen LogP contribution in [0.4, 0.5) is 23.7 Å². The topological polar surface area (TPSA) is 45.2 Å². The number of alkyl halides is 2. The van der Waals surface area contributed by atoms with Crippen LogP contribution >= 0.6 is 11.3 Å². The second-order valence-corrected chi connectivity index (χ2v) is 7.56. The van der Waals surface area contributed by atoms with Crippen molar-refractivity contribution in [1.82, 2.24) is 9.88 Å². The largest absolute Gasteiger partial charge is 0.322 e. The molecule has 2 atom stereocenters. The lowest BCUT2D eigenvalue weighted by Crippen LogP contribution is -2.33. The lowest BCUT2D eigenvalue weighted by molar-refractivity contribution is 0.217. The molecule has 0 aliphatic carbocycles. The van der Waals surface area contributed by atoms with Crippen molar-refractivity contribution in [2.24, 2.45) is 0 Å². The van der Waals surface area contributed by atoms with Gasteiger partial charge in [0.05, 0.1) is 23.3 Å². The van der Waals surface area contributed by atoms with Gasteiger partial charge >= 0.3 is 6.03 Å². The first-order chi connectivity index (χ1) is 12.9. The van der Waals surface area contributed by atoms with Crippen LogP contribution in [0.25, 0.3) is 20.8 Å². The van der Waals surface area contributed by atoms with Gasteiger partial charge in [0.15, 0.2) is 12.3 Å². The number of fused-ring (bicyclic) bond motifs is 1. The molecular formula is C19H16F3N3OS. The van der Waals surface area contributed by atoms with Crippen LogP contribution in [-0.4, -0.2) is 41.3 Å². The Labute approximate surface area is 157 Å². The Morgan fingerprint density at radius 2 is 1.93 bits per heavy atom. The number of carbonyl (C=O) groups is 1. The van der Waals surface area contributed by atoms with Gasteiger partial charge < -0.3 is 10.2 Å². The molecule has 2 amide bonds. The number of nitrogens with zero attached hydrogens (tertiary/aromatic N) is 2. The summed E-state index contributed by atoms with van der Waals surface area (Å²) in [6, 6.07) is 9.61. The average molecular weight is 391 g/mol. The summed E-state index contributed by atoms with van der Waals surface area (Å²) < 4.78 is 41.2. The lowest BCUT2D eigenvalue weighted by atomic mass is 10.1. The summed E-state index contributed by atoms with van der Waals surface area (Å²) in [5, 5.41) is 3.31. The molecule has 0 bridgehead atoms. The van der Waals surface area contributed by atoms with Gasteiger partial charge in [0.25, 0.3) is 0 Å². The number of urea groups is 1. The van der Waals surface area contributed by atoms with Crippen molar-refractivity contribution in [1.29, 1.82) is 0 Å². The van der Waals surface area contributed by atoms with Gasteiger partial charge in [-0.25, -0.2) is 22.9 Å². The fraction of sp³-hybridized carbons (Fsp3) is 0.263. The second-order valence-electron chi connectivity index (χ2n) is 6.53. The Hall–Kier alpha value is -2.61. The molecule has 4 rings (SSSR count). The number of rotatable bonds is 2. The lowest BCUT2D eigenvalue weighted by Gasteiger charge is -2.15. The number of thiazole rings is 1. The summed E-state index contributed by atoms with van der Waals surface area (Å²) in [6.45, 7) is 1.19. The van der Waals surface area contributed by atoms with Crippen LogP contribution in [-0.2, 0) is 0 Å². The van der Waals surface area contributed by atoms with Crippen molar-refractivity contribution in [2.75, 3.05) is 18.4 Å². The first kappa shape index (κ1) is 17.8. The minimum Gasteiger partial charge on any atom is -0.318 e. The number of benzene rings is 2. The highest BCUT2D eigenvalue weighted by molar-refractivity contribution is 7.21. The fourth-order valence-electron chi connectivity index (χ4n) is 2.95. The molecule has 0 unspecified atom stereocenters. The Balaban J connectivity index is 1.56. The number of halogens is 3. The van der Waals surface area contributed by atoms with E-state index in [1.807, 2.05) is 6.07 Å². The average Bonchev–Trinajstić information content (AvgIpc) is 3.20. The van der Waals surface area contributed by atoms with Crippen molar-refractivity contribution in [3.8, 4) is 10.6 Å². The Kier molecular flexibility index (Phi) is 4.51. The first-order valence-electron chi connectivity index (χ1n) is 8.42. The quantitative estimate of drug-likeness (QED) is 0.673. The third-order valence-electron chi connectivity index (χ3n) is 4.53. The van der Waals surface area contributed by atoms with E-state index in [9.17, 15) is 18.0 Å². The van der Waals surface area contributed by atoms with Crippen LogP contribution < -0.4 is 5.32 Å². The smallest absolute Gasteiger partial charge is 0.318 e. The van der Waals surface area contributed by atoms with Crippen LogP contribution in [0, 0.1) is 12.7 Å². The summed E-state index contributed by atoms with van der Waals surface area (Å²) in [5.74, 6) is -0.289. The SMILES string of the molecule is Cc1ccc(-c2nc3cc(NC(=O)N4C[C@@H](F)[C@@H](F)C4)ccc3s2)cc1F. The van der Waals surface area contributed by atoms with Gasteiger partial charge in [-0.05, 0) is 36.8 Å². The van der Waals surface area contributed by atoms with Crippen molar-refractivity contribution in [3.63, 3.8) is 0 Å². The third-order valence-corrected chi connectivity index (χ3v) is 5.61. The van der Waals surface area contributed by atoms with Gasteiger partial charge in [0.2, 0.25) is 0 Å². The van der Waals surface area contributed by atoms with Crippen molar-refractivity contribution in [2.45, 2.75) is 19.3 Å². The van der Waals surface area contributed by atoms with Crippen molar-refractivity contribution in [3.05, 3.63) is 47.8 Å². The maximum Gasteiger partial charge on any atom is 0.322 e. The molecule has 1 fully saturated rings. The summed E-state index contributed by atoms with van der Waals surface area (Å²) in [7, 11) is 0. The molecule has 1 aromatic heterocycles. The highest BCUT2D eigenvalue weighted by Gasteiger charge is 2.35. The van der Waals surface area contributed by atoms with Gasteiger partial charge in [-0.2, -0.15) is 0 Å². The van der Waals surface area contributed by atoms with E-state index < -0.39 is 18.4 Å². The van der Waals surface area contributed by atoms with Gasteiger partial charge in [0.1, 0.15) is 10.8 Å². The molecule has 2 aromatic carbocycles. The second kappa shape index (κ2) is 6.84. The minimum atomic E-state index is -1.64. The van der Waals surface area contributed by atoms with Crippen LogP contribution in [0.1, 0.15) is 5.56 Å². The molecule has 27 heavy (non-hydrogen) atoms. The van der Waals surface area contributed by atoms with E-state index in [0.717, 1.165) is 9.60 Å². The zero-order valence-corrected chi connectivity index (χ0v) is 15.2. The first-order valence-corrected chi connectivity index (χ1v) is 9.23. The minimum absolute atomic E-state index is 0.255. The third kappa shape index (κ3) is 3.49. The monoisotopic (exact) mass is 391 g/mol. The van der Waals surface area contributed by atoms with Gasteiger partial charge in [-0.1, -0.05) is 12.1 Å². The molecular weight excluding hydrogens is 375 g/mol. The number of likely N-dealkylation sites (tertiary alicyclic amines) is 1. The van der Waals surface area contributed by atoms with E-state index in [0.29, 0.717) is 27.3 Å². The highest BCUT2D eigenvalue weighted by atomic mass is 32.1. The number of nitrogens with one attached hydrogen (secondary N) is 1. The van der Waals surface area contributed by atoms with E-state index in [1.165, 1.54) is 17.4 Å². The summed E-state index contributed by atoms with van der Waals surface area (Å²) in [5.41, 5.74) is 2.39. The number of anilines is 1. The van der Waals surface area contributed by atoms with E-state index in [1.54, 1.807) is 31.2 Å². The summed E-state index contributed by atoms with van der Waals surface area (Å²) in [4.78, 5) is 17.8. The Bertz CT molecular complexity index is 1010. The number of aromatic nitrogens is 1. The molecule has 1 aliphatic heterocycles.